The van der Waals surface area contributed by atoms with Crippen LogP contribution in [0.3, 0.4) is 0 Å². The summed E-state index contributed by atoms with van der Waals surface area (Å²) in [6, 6.07) is 6.24. The van der Waals surface area contributed by atoms with Gasteiger partial charge in [0.05, 0.1) is 19.2 Å². The number of carbonyl (C=O) groups is 1. The average Bonchev–Trinajstić information content (AvgIpc) is 2.79. The number of hydrogen-bond acceptors (Lipinski definition) is 5. The molecule has 0 N–H and O–H groups in total. The molecular weight excluding hydrogens is 288 g/mol. The fraction of sp³-hybridized carbons (Fsp3) is 0.429. The largest absolute Gasteiger partial charge is 0.533 e. The van der Waals surface area contributed by atoms with Crippen LogP contribution in [0.2, 0.25) is 25.7 Å². The molecule has 0 spiro atoms. The molecule has 0 aliphatic rings. The van der Waals surface area contributed by atoms with Gasteiger partial charge >= 0.3 is 6.16 Å². The summed E-state index contributed by atoms with van der Waals surface area (Å²) in [7, 11) is 0.349. The van der Waals surface area contributed by atoms with Crippen LogP contribution in [0, 0.1) is 0 Å². The average molecular weight is 308 g/mol. The Morgan fingerprint density at radius 1 is 1.33 bits per heavy atom. The van der Waals surface area contributed by atoms with Crippen LogP contribution in [0.1, 0.15) is 0 Å². The van der Waals surface area contributed by atoms with E-state index in [0.717, 1.165) is 6.04 Å². The fourth-order valence-electron chi connectivity index (χ4n) is 1.71. The molecule has 0 amide bonds. The van der Waals surface area contributed by atoms with E-state index in [1.807, 2.05) is 0 Å². The van der Waals surface area contributed by atoms with E-state index in [-0.39, 0.29) is 0 Å². The summed E-state index contributed by atoms with van der Waals surface area (Å²) in [5.74, 6) is 0.667. The number of rotatable bonds is 5. The molecule has 1 aromatic heterocycles. The lowest BCUT2D eigenvalue weighted by molar-refractivity contribution is 0.0544. The normalized spacial score (nSPS) is 11.4. The minimum Gasteiger partial charge on any atom is -0.497 e. The Labute approximate surface area is 124 Å². The highest BCUT2D eigenvalue weighted by molar-refractivity contribution is 6.76. The maximum absolute atomic E-state index is 11.7. The quantitative estimate of drug-likeness (QED) is 0.628. The van der Waals surface area contributed by atoms with Crippen LogP contribution in [-0.4, -0.2) is 37.7 Å². The topological polar surface area (TPSA) is 62.6 Å². The molecular formula is C14H20N2O4Si. The van der Waals surface area contributed by atoms with Gasteiger partial charge in [-0.3, -0.25) is 4.84 Å². The van der Waals surface area contributed by atoms with Crippen molar-refractivity contribution in [2.45, 2.75) is 25.7 Å². The molecule has 0 atom stereocenters. The minimum atomic E-state index is -1.23. The number of benzene rings is 1. The Kier molecular flexibility index (Phi) is 4.52. The molecule has 2 rings (SSSR count). The van der Waals surface area contributed by atoms with E-state index < -0.39 is 14.2 Å². The van der Waals surface area contributed by atoms with Crippen molar-refractivity contribution >= 4 is 25.3 Å². The third-order valence-corrected chi connectivity index (χ3v) is 4.67. The molecule has 0 radical (unpaired) electrons. The van der Waals surface area contributed by atoms with Crippen molar-refractivity contribution in [3.05, 3.63) is 24.5 Å². The predicted molar refractivity (Wildman–Crippen MR) is 82.4 cm³/mol. The van der Waals surface area contributed by atoms with Crippen LogP contribution in [0.15, 0.2) is 24.5 Å². The number of ether oxygens (including phenoxy) is 2. The van der Waals surface area contributed by atoms with E-state index in [1.165, 1.54) is 11.1 Å². The van der Waals surface area contributed by atoms with Gasteiger partial charge < -0.3 is 9.47 Å². The van der Waals surface area contributed by atoms with E-state index in [9.17, 15) is 4.79 Å². The Morgan fingerprint density at radius 3 is 2.76 bits per heavy atom. The van der Waals surface area contributed by atoms with Gasteiger partial charge in [-0.15, -0.1) is 0 Å². The first-order chi connectivity index (χ1) is 9.89. The molecule has 1 heterocycles. The van der Waals surface area contributed by atoms with Gasteiger partial charge in [0.25, 0.3) is 0 Å². The van der Waals surface area contributed by atoms with E-state index in [0.29, 0.717) is 23.4 Å². The number of imidazole rings is 1. The summed E-state index contributed by atoms with van der Waals surface area (Å²) in [4.78, 5) is 21.0. The Morgan fingerprint density at radius 2 is 2.10 bits per heavy atom. The van der Waals surface area contributed by atoms with E-state index in [1.54, 1.807) is 25.3 Å². The summed E-state index contributed by atoms with van der Waals surface area (Å²) >= 11 is 0. The molecule has 0 saturated carbocycles. The smallest absolute Gasteiger partial charge is 0.497 e. The number of methoxy groups -OCH3 is 1. The standard InChI is InChI=1S/C14H20N2O4Si/c1-18-11-5-6-12-13(9-11)16(10-15-12)20-14(17)19-7-8-21(2,3)4/h5-6,9-10H,7-8H2,1-4H3. The molecule has 0 unspecified atom stereocenters. The van der Waals surface area contributed by atoms with E-state index in [2.05, 4.69) is 24.6 Å². The van der Waals surface area contributed by atoms with Gasteiger partial charge in [0.1, 0.15) is 17.6 Å². The Balaban J connectivity index is 2.01. The molecule has 0 aliphatic heterocycles. The molecule has 2 aromatic rings. The molecule has 0 bridgehead atoms. The van der Waals surface area contributed by atoms with E-state index in [4.69, 9.17) is 14.3 Å². The van der Waals surface area contributed by atoms with Crippen molar-refractivity contribution in [1.29, 1.82) is 0 Å². The molecule has 6 nitrogen and oxygen atoms in total. The predicted octanol–water partition coefficient (Wildman–Crippen LogP) is 2.95. The third kappa shape index (κ3) is 4.22. The summed E-state index contributed by atoms with van der Waals surface area (Å²) < 4.78 is 11.5. The van der Waals surface area contributed by atoms with Crippen molar-refractivity contribution in [2.24, 2.45) is 0 Å². The zero-order valence-corrected chi connectivity index (χ0v) is 13.8. The van der Waals surface area contributed by atoms with Crippen LogP contribution in [-0.2, 0) is 4.74 Å². The maximum atomic E-state index is 11.7. The minimum absolute atomic E-state index is 0.379. The van der Waals surface area contributed by atoms with Gasteiger partial charge in [-0.2, -0.15) is 4.73 Å². The second-order valence-electron chi connectivity index (χ2n) is 5.93. The molecule has 114 valence electrons. The Hall–Kier alpha value is -2.02. The number of carbonyl (C=O) groups excluding carboxylic acids is 1. The lowest BCUT2D eigenvalue weighted by Gasteiger charge is -2.15. The number of nitrogens with zero attached hydrogens (tertiary/aromatic N) is 2. The third-order valence-electron chi connectivity index (χ3n) is 2.97. The molecule has 0 fully saturated rings. The van der Waals surface area contributed by atoms with Crippen LogP contribution in [0.5, 0.6) is 5.75 Å². The molecule has 0 saturated heterocycles. The number of fused-ring (bicyclic) bond motifs is 1. The van der Waals surface area contributed by atoms with Gasteiger partial charge in [0.15, 0.2) is 0 Å². The van der Waals surface area contributed by atoms with Gasteiger partial charge in [-0.25, -0.2) is 9.78 Å². The summed E-state index contributed by atoms with van der Waals surface area (Å²) in [5, 5.41) is 0. The summed E-state index contributed by atoms with van der Waals surface area (Å²) in [6.07, 6.45) is 0.708. The molecule has 7 heteroatoms. The highest BCUT2D eigenvalue weighted by Gasteiger charge is 2.15. The van der Waals surface area contributed by atoms with Gasteiger partial charge in [0, 0.05) is 14.1 Å². The van der Waals surface area contributed by atoms with Crippen LogP contribution in [0.4, 0.5) is 4.79 Å². The number of hydrogen-bond donors (Lipinski definition) is 0. The van der Waals surface area contributed by atoms with Crippen LogP contribution < -0.4 is 9.57 Å². The van der Waals surface area contributed by atoms with E-state index >= 15 is 0 Å². The van der Waals surface area contributed by atoms with Crippen molar-refractivity contribution in [1.82, 2.24) is 9.71 Å². The Bertz CT molecular complexity index is 633. The highest BCUT2D eigenvalue weighted by atomic mass is 28.3. The van der Waals surface area contributed by atoms with Crippen LogP contribution >= 0.6 is 0 Å². The molecule has 0 aliphatic carbocycles. The molecule has 1 aromatic carbocycles. The van der Waals surface area contributed by atoms with Crippen molar-refractivity contribution in [2.75, 3.05) is 13.7 Å². The maximum Gasteiger partial charge on any atom is 0.533 e. The zero-order valence-electron chi connectivity index (χ0n) is 12.8. The van der Waals surface area contributed by atoms with Crippen molar-refractivity contribution in [3.63, 3.8) is 0 Å². The molecule has 21 heavy (non-hydrogen) atoms. The second kappa shape index (κ2) is 6.17. The summed E-state index contributed by atoms with van der Waals surface area (Å²) in [5.41, 5.74) is 1.36. The zero-order chi connectivity index (χ0) is 15.5. The lowest BCUT2D eigenvalue weighted by atomic mass is 10.3. The first-order valence-electron chi connectivity index (χ1n) is 6.75. The highest BCUT2D eigenvalue weighted by Crippen LogP contribution is 2.19. The van der Waals surface area contributed by atoms with Gasteiger partial charge in [-0.05, 0) is 18.2 Å². The second-order valence-corrected chi connectivity index (χ2v) is 11.5. The summed E-state index contributed by atoms with van der Waals surface area (Å²) in [6.45, 7) is 7.04. The lowest BCUT2D eigenvalue weighted by Crippen LogP contribution is -2.25. The monoisotopic (exact) mass is 308 g/mol. The van der Waals surface area contributed by atoms with Crippen molar-refractivity contribution in [3.8, 4) is 5.75 Å². The SMILES string of the molecule is COc1ccc2ncn(OC(=O)OCC[Si](C)(C)C)c2c1. The van der Waals surface area contributed by atoms with Crippen LogP contribution in [0.25, 0.3) is 11.0 Å². The van der Waals surface area contributed by atoms with Crippen molar-refractivity contribution < 1.29 is 19.1 Å². The number of aromatic nitrogens is 2. The van der Waals surface area contributed by atoms with Gasteiger partial charge in [-0.1, -0.05) is 19.6 Å². The first kappa shape index (κ1) is 15.4. The first-order valence-corrected chi connectivity index (χ1v) is 10.5. The van der Waals surface area contributed by atoms with Gasteiger partial charge in [0.2, 0.25) is 0 Å². The fourth-order valence-corrected chi connectivity index (χ4v) is 2.43.